The van der Waals surface area contributed by atoms with Gasteiger partial charge in [-0.05, 0) is 27.2 Å². The van der Waals surface area contributed by atoms with Crippen LogP contribution < -0.4 is 0 Å². The highest BCUT2D eigenvalue weighted by molar-refractivity contribution is 4.51. The number of aliphatic hydroxyl groups is 1. The highest BCUT2D eigenvalue weighted by Crippen LogP contribution is 2.06. The lowest BCUT2D eigenvalue weighted by Crippen LogP contribution is -2.19. The summed E-state index contributed by atoms with van der Waals surface area (Å²) in [4.78, 5) is 0. The standard InChI is InChI=1S/C9H20O3/c1-4-11-9(12-5-2)7-6-8(3)10/h8-10H,4-7H2,1-3H3/t8-/m0/s1. The van der Waals surface area contributed by atoms with Crippen molar-refractivity contribution >= 4 is 0 Å². The molecule has 0 unspecified atom stereocenters. The highest BCUT2D eigenvalue weighted by atomic mass is 16.7. The van der Waals surface area contributed by atoms with E-state index in [1.807, 2.05) is 13.8 Å². The fourth-order valence-corrected chi connectivity index (χ4v) is 0.964. The molecule has 74 valence electrons. The van der Waals surface area contributed by atoms with Gasteiger partial charge in [0.1, 0.15) is 0 Å². The Morgan fingerprint density at radius 3 is 1.92 bits per heavy atom. The highest BCUT2D eigenvalue weighted by Gasteiger charge is 2.08. The zero-order chi connectivity index (χ0) is 9.40. The third kappa shape index (κ3) is 6.58. The van der Waals surface area contributed by atoms with Gasteiger partial charge in [-0.15, -0.1) is 0 Å². The second kappa shape index (κ2) is 7.53. The molecule has 0 aromatic rings. The lowest BCUT2D eigenvalue weighted by atomic mass is 10.2. The van der Waals surface area contributed by atoms with Gasteiger partial charge in [0.25, 0.3) is 0 Å². The summed E-state index contributed by atoms with van der Waals surface area (Å²) in [5.41, 5.74) is 0. The minimum absolute atomic E-state index is 0.144. The van der Waals surface area contributed by atoms with Crippen LogP contribution >= 0.6 is 0 Å². The maximum atomic E-state index is 9.03. The summed E-state index contributed by atoms with van der Waals surface area (Å²) >= 11 is 0. The van der Waals surface area contributed by atoms with Crippen LogP contribution in [0.4, 0.5) is 0 Å². The molecule has 0 rings (SSSR count). The van der Waals surface area contributed by atoms with E-state index in [0.717, 1.165) is 12.8 Å². The molecule has 0 saturated heterocycles. The van der Waals surface area contributed by atoms with Crippen LogP contribution in [0.15, 0.2) is 0 Å². The largest absolute Gasteiger partial charge is 0.393 e. The Morgan fingerprint density at radius 2 is 1.58 bits per heavy atom. The van der Waals surface area contributed by atoms with Crippen molar-refractivity contribution in [2.75, 3.05) is 13.2 Å². The van der Waals surface area contributed by atoms with Crippen molar-refractivity contribution in [3.63, 3.8) is 0 Å². The Labute approximate surface area is 74.7 Å². The third-order valence-electron chi connectivity index (χ3n) is 1.53. The van der Waals surface area contributed by atoms with Gasteiger partial charge < -0.3 is 14.6 Å². The van der Waals surface area contributed by atoms with Crippen molar-refractivity contribution < 1.29 is 14.6 Å². The molecule has 0 heterocycles. The van der Waals surface area contributed by atoms with Crippen LogP contribution in [0.2, 0.25) is 0 Å². The Bertz CT molecular complexity index is 87.8. The molecule has 0 radical (unpaired) electrons. The molecule has 0 aliphatic rings. The van der Waals surface area contributed by atoms with Crippen LogP contribution in [0.5, 0.6) is 0 Å². The first kappa shape index (κ1) is 11.9. The van der Waals surface area contributed by atoms with Gasteiger partial charge in [0, 0.05) is 19.6 Å². The summed E-state index contributed by atoms with van der Waals surface area (Å²) in [6, 6.07) is 0. The summed E-state index contributed by atoms with van der Waals surface area (Å²) in [6.45, 7) is 6.96. The molecule has 12 heavy (non-hydrogen) atoms. The average molecular weight is 176 g/mol. The lowest BCUT2D eigenvalue weighted by Gasteiger charge is -2.17. The van der Waals surface area contributed by atoms with Crippen molar-refractivity contribution in [2.24, 2.45) is 0 Å². The molecule has 0 fully saturated rings. The van der Waals surface area contributed by atoms with Gasteiger partial charge in [0.2, 0.25) is 0 Å². The first-order chi connectivity index (χ1) is 5.70. The topological polar surface area (TPSA) is 38.7 Å². The maximum absolute atomic E-state index is 9.03. The van der Waals surface area contributed by atoms with Crippen molar-refractivity contribution in [3.8, 4) is 0 Å². The van der Waals surface area contributed by atoms with E-state index < -0.39 is 0 Å². The smallest absolute Gasteiger partial charge is 0.157 e. The molecule has 0 amide bonds. The molecule has 0 aromatic heterocycles. The summed E-state index contributed by atoms with van der Waals surface area (Å²) in [5, 5.41) is 9.03. The first-order valence-electron chi connectivity index (χ1n) is 4.62. The van der Waals surface area contributed by atoms with E-state index in [0.29, 0.717) is 13.2 Å². The summed E-state index contributed by atoms with van der Waals surface area (Å²) in [7, 11) is 0. The number of aliphatic hydroxyl groups excluding tert-OH is 1. The van der Waals surface area contributed by atoms with Crippen molar-refractivity contribution in [1.29, 1.82) is 0 Å². The van der Waals surface area contributed by atoms with Crippen molar-refractivity contribution in [1.82, 2.24) is 0 Å². The van der Waals surface area contributed by atoms with Crippen LogP contribution in [0.25, 0.3) is 0 Å². The number of ether oxygens (including phenoxy) is 2. The van der Waals surface area contributed by atoms with Crippen LogP contribution in [0, 0.1) is 0 Å². The fraction of sp³-hybridized carbons (Fsp3) is 1.00. The van der Waals surface area contributed by atoms with Gasteiger partial charge in [0.15, 0.2) is 6.29 Å². The molecule has 3 heteroatoms. The van der Waals surface area contributed by atoms with Crippen LogP contribution in [0.1, 0.15) is 33.6 Å². The Kier molecular flexibility index (Phi) is 7.45. The van der Waals surface area contributed by atoms with Gasteiger partial charge >= 0.3 is 0 Å². The molecule has 0 saturated carbocycles. The predicted molar refractivity (Wildman–Crippen MR) is 48.0 cm³/mol. The summed E-state index contributed by atoms with van der Waals surface area (Å²) in [6.07, 6.45) is 1.08. The molecule has 0 aliphatic carbocycles. The van der Waals surface area contributed by atoms with Gasteiger partial charge in [-0.3, -0.25) is 0 Å². The zero-order valence-electron chi connectivity index (χ0n) is 8.25. The van der Waals surface area contributed by atoms with E-state index in [4.69, 9.17) is 14.6 Å². The summed E-state index contributed by atoms with van der Waals surface area (Å²) < 4.78 is 10.6. The normalized spacial score (nSPS) is 13.8. The second-order valence-electron chi connectivity index (χ2n) is 2.77. The second-order valence-corrected chi connectivity index (χ2v) is 2.77. The number of rotatable bonds is 7. The van der Waals surface area contributed by atoms with Gasteiger partial charge in [-0.1, -0.05) is 0 Å². The quantitative estimate of drug-likeness (QED) is 0.598. The van der Waals surface area contributed by atoms with E-state index in [1.54, 1.807) is 6.92 Å². The number of hydrogen-bond acceptors (Lipinski definition) is 3. The van der Waals surface area contributed by atoms with E-state index >= 15 is 0 Å². The molecule has 0 aromatic carbocycles. The van der Waals surface area contributed by atoms with E-state index in [1.165, 1.54) is 0 Å². The summed E-state index contributed by atoms with van der Waals surface area (Å²) in [5.74, 6) is 0. The average Bonchev–Trinajstić information content (AvgIpc) is 2.01. The SMILES string of the molecule is CCOC(CC[C@H](C)O)OCC. The molecule has 3 nitrogen and oxygen atoms in total. The van der Waals surface area contributed by atoms with Crippen LogP contribution in [0.3, 0.4) is 0 Å². The number of hydrogen-bond donors (Lipinski definition) is 1. The molecule has 1 atom stereocenters. The zero-order valence-corrected chi connectivity index (χ0v) is 8.25. The van der Waals surface area contributed by atoms with Gasteiger partial charge in [-0.25, -0.2) is 0 Å². The third-order valence-corrected chi connectivity index (χ3v) is 1.53. The van der Waals surface area contributed by atoms with Crippen LogP contribution in [-0.2, 0) is 9.47 Å². The minimum Gasteiger partial charge on any atom is -0.393 e. The Morgan fingerprint density at radius 1 is 1.08 bits per heavy atom. The van der Waals surface area contributed by atoms with Crippen molar-refractivity contribution in [2.45, 2.75) is 46.0 Å². The monoisotopic (exact) mass is 176 g/mol. The van der Waals surface area contributed by atoms with E-state index in [-0.39, 0.29) is 12.4 Å². The van der Waals surface area contributed by atoms with E-state index in [9.17, 15) is 0 Å². The lowest BCUT2D eigenvalue weighted by molar-refractivity contribution is -0.142. The molecular formula is C9H20O3. The van der Waals surface area contributed by atoms with Crippen LogP contribution in [-0.4, -0.2) is 30.7 Å². The Hall–Kier alpha value is -0.120. The minimum atomic E-state index is -0.270. The molecule has 0 aliphatic heterocycles. The molecular weight excluding hydrogens is 156 g/mol. The Balaban J connectivity index is 3.48. The predicted octanol–water partition coefficient (Wildman–Crippen LogP) is 1.55. The van der Waals surface area contributed by atoms with Gasteiger partial charge in [-0.2, -0.15) is 0 Å². The van der Waals surface area contributed by atoms with E-state index in [2.05, 4.69) is 0 Å². The first-order valence-corrected chi connectivity index (χ1v) is 4.62. The molecule has 0 bridgehead atoms. The van der Waals surface area contributed by atoms with Crippen molar-refractivity contribution in [3.05, 3.63) is 0 Å². The fourth-order valence-electron chi connectivity index (χ4n) is 0.964. The molecule has 1 N–H and O–H groups in total. The van der Waals surface area contributed by atoms with Gasteiger partial charge in [0.05, 0.1) is 6.10 Å². The maximum Gasteiger partial charge on any atom is 0.157 e. The molecule has 0 spiro atoms.